The summed E-state index contributed by atoms with van der Waals surface area (Å²) in [5.41, 5.74) is 0.834. The van der Waals surface area contributed by atoms with Gasteiger partial charge in [0.05, 0.1) is 25.5 Å². The van der Waals surface area contributed by atoms with Crippen molar-refractivity contribution >= 4 is 17.6 Å². The molecule has 30 heavy (non-hydrogen) atoms. The van der Waals surface area contributed by atoms with Crippen LogP contribution in [0.2, 0.25) is 0 Å². The van der Waals surface area contributed by atoms with Gasteiger partial charge in [-0.1, -0.05) is 30.3 Å². The number of hydrogen-bond acceptors (Lipinski definition) is 6. The standard InChI is InChI=1S/C23H21NO6/c1-27-21-14-16(23(26)28-2)12-13-20(21)29-15-22(25)24-18-10-6-7-11-19(18)30-17-8-4-3-5-9-17/h3-14H,15H2,1-2H3,(H,24,25). The van der Waals surface area contributed by atoms with E-state index in [0.29, 0.717) is 34.2 Å². The number of hydrogen-bond donors (Lipinski definition) is 1. The second-order valence-corrected chi connectivity index (χ2v) is 6.11. The Morgan fingerprint density at radius 2 is 1.57 bits per heavy atom. The molecule has 154 valence electrons. The first kappa shape index (κ1) is 20.7. The highest BCUT2D eigenvalue weighted by Crippen LogP contribution is 2.30. The number of nitrogens with one attached hydrogen (secondary N) is 1. The lowest BCUT2D eigenvalue weighted by atomic mass is 10.2. The minimum Gasteiger partial charge on any atom is -0.493 e. The van der Waals surface area contributed by atoms with E-state index in [-0.39, 0.29) is 12.5 Å². The van der Waals surface area contributed by atoms with Gasteiger partial charge in [0.15, 0.2) is 23.9 Å². The van der Waals surface area contributed by atoms with Gasteiger partial charge < -0.3 is 24.3 Å². The molecule has 0 bridgehead atoms. The number of esters is 1. The van der Waals surface area contributed by atoms with Gasteiger partial charge in [0.2, 0.25) is 0 Å². The number of amides is 1. The Hall–Kier alpha value is -4.00. The molecule has 3 aromatic rings. The van der Waals surface area contributed by atoms with E-state index in [1.807, 2.05) is 36.4 Å². The average Bonchev–Trinajstić information content (AvgIpc) is 2.79. The molecule has 0 atom stereocenters. The predicted octanol–water partition coefficient (Wildman–Crippen LogP) is 4.29. The van der Waals surface area contributed by atoms with Crippen LogP contribution in [0.25, 0.3) is 0 Å². The molecule has 0 fully saturated rings. The van der Waals surface area contributed by atoms with Gasteiger partial charge in [0, 0.05) is 0 Å². The van der Waals surface area contributed by atoms with E-state index in [4.69, 9.17) is 14.2 Å². The molecule has 0 radical (unpaired) electrons. The number of rotatable bonds is 8. The number of ether oxygens (including phenoxy) is 4. The van der Waals surface area contributed by atoms with Crippen molar-refractivity contribution in [3.8, 4) is 23.0 Å². The summed E-state index contributed by atoms with van der Waals surface area (Å²) in [4.78, 5) is 24.0. The van der Waals surface area contributed by atoms with Gasteiger partial charge in [0.25, 0.3) is 5.91 Å². The van der Waals surface area contributed by atoms with Crippen molar-refractivity contribution in [3.63, 3.8) is 0 Å². The largest absolute Gasteiger partial charge is 0.493 e. The molecule has 7 heteroatoms. The molecular formula is C23H21NO6. The van der Waals surface area contributed by atoms with Crippen molar-refractivity contribution in [2.24, 2.45) is 0 Å². The van der Waals surface area contributed by atoms with Gasteiger partial charge in [-0.25, -0.2) is 4.79 Å². The fourth-order valence-electron chi connectivity index (χ4n) is 2.64. The second kappa shape index (κ2) is 9.97. The van der Waals surface area contributed by atoms with Crippen LogP contribution in [0.4, 0.5) is 5.69 Å². The lowest BCUT2D eigenvalue weighted by molar-refractivity contribution is -0.118. The van der Waals surface area contributed by atoms with Crippen molar-refractivity contribution in [3.05, 3.63) is 78.4 Å². The molecule has 7 nitrogen and oxygen atoms in total. The minimum absolute atomic E-state index is 0.256. The summed E-state index contributed by atoms with van der Waals surface area (Å²) in [5, 5.41) is 2.77. The van der Waals surface area contributed by atoms with Crippen molar-refractivity contribution in [2.75, 3.05) is 26.1 Å². The van der Waals surface area contributed by atoms with E-state index in [1.165, 1.54) is 26.4 Å². The maximum atomic E-state index is 12.4. The van der Waals surface area contributed by atoms with E-state index in [9.17, 15) is 9.59 Å². The van der Waals surface area contributed by atoms with E-state index < -0.39 is 5.97 Å². The van der Waals surface area contributed by atoms with Gasteiger partial charge in [-0.2, -0.15) is 0 Å². The maximum Gasteiger partial charge on any atom is 0.337 e. The second-order valence-electron chi connectivity index (χ2n) is 6.11. The number of para-hydroxylation sites is 3. The van der Waals surface area contributed by atoms with Crippen LogP contribution >= 0.6 is 0 Å². The summed E-state index contributed by atoms with van der Waals surface area (Å²) < 4.78 is 21.3. The van der Waals surface area contributed by atoms with Gasteiger partial charge >= 0.3 is 5.97 Å². The molecule has 0 aromatic heterocycles. The van der Waals surface area contributed by atoms with E-state index in [1.54, 1.807) is 24.3 Å². The molecule has 0 unspecified atom stereocenters. The zero-order chi connectivity index (χ0) is 21.3. The number of benzene rings is 3. The van der Waals surface area contributed by atoms with Crippen molar-refractivity contribution < 1.29 is 28.5 Å². The molecular weight excluding hydrogens is 386 g/mol. The fourth-order valence-corrected chi connectivity index (χ4v) is 2.64. The molecule has 0 spiro atoms. The molecule has 3 rings (SSSR count). The highest BCUT2D eigenvalue weighted by molar-refractivity contribution is 5.93. The van der Waals surface area contributed by atoms with Gasteiger partial charge in [-0.15, -0.1) is 0 Å². The first-order chi connectivity index (χ1) is 14.6. The van der Waals surface area contributed by atoms with E-state index in [2.05, 4.69) is 10.1 Å². The zero-order valence-corrected chi connectivity index (χ0v) is 16.6. The van der Waals surface area contributed by atoms with Crippen LogP contribution in [0.3, 0.4) is 0 Å². The van der Waals surface area contributed by atoms with Gasteiger partial charge in [-0.05, 0) is 42.5 Å². The Kier molecular flexibility index (Phi) is 6.89. The maximum absolute atomic E-state index is 12.4. The summed E-state index contributed by atoms with van der Waals surface area (Å²) in [6.07, 6.45) is 0. The molecule has 1 amide bonds. The lowest BCUT2D eigenvalue weighted by Gasteiger charge is -2.14. The zero-order valence-electron chi connectivity index (χ0n) is 16.6. The van der Waals surface area contributed by atoms with Crippen molar-refractivity contribution in [1.29, 1.82) is 0 Å². The third kappa shape index (κ3) is 5.29. The fraction of sp³-hybridized carbons (Fsp3) is 0.130. The normalized spacial score (nSPS) is 10.1. The van der Waals surface area contributed by atoms with Crippen molar-refractivity contribution in [2.45, 2.75) is 0 Å². The van der Waals surface area contributed by atoms with Crippen LogP contribution in [-0.4, -0.2) is 32.7 Å². The van der Waals surface area contributed by atoms with Gasteiger partial charge in [-0.3, -0.25) is 4.79 Å². The van der Waals surface area contributed by atoms with Crippen LogP contribution in [0.15, 0.2) is 72.8 Å². The van der Waals surface area contributed by atoms with Crippen LogP contribution in [0.5, 0.6) is 23.0 Å². The first-order valence-corrected chi connectivity index (χ1v) is 9.11. The van der Waals surface area contributed by atoms with Gasteiger partial charge in [0.1, 0.15) is 5.75 Å². The summed E-state index contributed by atoms with van der Waals surface area (Å²) in [5.74, 6) is 0.946. The summed E-state index contributed by atoms with van der Waals surface area (Å²) in [6.45, 7) is -0.256. The molecule has 0 saturated heterocycles. The molecule has 0 aliphatic heterocycles. The smallest absolute Gasteiger partial charge is 0.337 e. The number of carbonyl (C=O) groups excluding carboxylic acids is 2. The summed E-state index contributed by atoms with van der Waals surface area (Å²) in [6, 6.07) is 21.0. The molecule has 3 aromatic carbocycles. The average molecular weight is 407 g/mol. The Balaban J connectivity index is 1.65. The molecule has 0 aliphatic rings. The topological polar surface area (TPSA) is 83.1 Å². The lowest BCUT2D eigenvalue weighted by Crippen LogP contribution is -2.20. The number of anilines is 1. The molecule has 0 aliphatic carbocycles. The Morgan fingerprint density at radius 1 is 0.833 bits per heavy atom. The van der Waals surface area contributed by atoms with E-state index in [0.717, 1.165) is 0 Å². The monoisotopic (exact) mass is 407 g/mol. The van der Waals surface area contributed by atoms with Crippen LogP contribution in [-0.2, 0) is 9.53 Å². The quantitative estimate of drug-likeness (QED) is 0.561. The molecule has 0 saturated carbocycles. The van der Waals surface area contributed by atoms with Crippen LogP contribution in [0.1, 0.15) is 10.4 Å². The van der Waals surface area contributed by atoms with Crippen LogP contribution in [0, 0.1) is 0 Å². The highest BCUT2D eigenvalue weighted by atomic mass is 16.5. The molecule has 0 heterocycles. The summed E-state index contributed by atoms with van der Waals surface area (Å²) >= 11 is 0. The third-order valence-electron chi connectivity index (χ3n) is 4.08. The van der Waals surface area contributed by atoms with E-state index >= 15 is 0 Å². The SMILES string of the molecule is COC(=O)c1ccc(OCC(=O)Nc2ccccc2Oc2ccccc2)c(OC)c1. The summed E-state index contributed by atoms with van der Waals surface area (Å²) in [7, 11) is 2.74. The van der Waals surface area contributed by atoms with Crippen molar-refractivity contribution in [1.82, 2.24) is 0 Å². The molecule has 1 N–H and O–H groups in total. The highest BCUT2D eigenvalue weighted by Gasteiger charge is 2.14. The van der Waals surface area contributed by atoms with Crippen LogP contribution < -0.4 is 19.5 Å². The number of carbonyl (C=O) groups is 2. The Labute approximate surface area is 174 Å². The Morgan fingerprint density at radius 3 is 2.30 bits per heavy atom. The predicted molar refractivity (Wildman–Crippen MR) is 111 cm³/mol. The third-order valence-corrected chi connectivity index (χ3v) is 4.08. The minimum atomic E-state index is -0.493. The first-order valence-electron chi connectivity index (χ1n) is 9.11. The Bertz CT molecular complexity index is 1020. The number of methoxy groups -OCH3 is 2.